The molecule has 0 saturated carbocycles. The number of nitrogens with one attached hydrogen (secondary N) is 2. The van der Waals surface area contributed by atoms with E-state index in [1.807, 2.05) is 6.08 Å². The van der Waals surface area contributed by atoms with Gasteiger partial charge in [0.25, 0.3) is 0 Å². The maximum Gasteiger partial charge on any atom is 0.320 e. The van der Waals surface area contributed by atoms with Gasteiger partial charge < -0.3 is 5.32 Å². The van der Waals surface area contributed by atoms with E-state index in [9.17, 15) is 4.79 Å². The van der Waals surface area contributed by atoms with E-state index < -0.39 is 0 Å². The van der Waals surface area contributed by atoms with Crippen molar-refractivity contribution in [3.8, 4) is 0 Å². The summed E-state index contributed by atoms with van der Waals surface area (Å²) in [6.07, 6.45) is 2.00. The molecule has 1 saturated heterocycles. The topological polar surface area (TPSA) is 53.5 Å². The van der Waals surface area contributed by atoms with E-state index in [1.54, 1.807) is 0 Å². The Morgan fingerprint density at radius 1 is 1.60 bits per heavy atom. The smallest absolute Gasteiger partial charge is 0.320 e. The maximum atomic E-state index is 10.7. The Hall–Kier alpha value is -1.32. The molecule has 2 aliphatic heterocycles. The zero-order chi connectivity index (χ0) is 6.97. The number of carbonyl (C=O) groups excluding carboxylic acids is 1. The molecule has 1 fully saturated rings. The number of carbonyl (C=O) groups is 1. The van der Waals surface area contributed by atoms with E-state index in [1.165, 1.54) is 0 Å². The van der Waals surface area contributed by atoms with Crippen molar-refractivity contribution in [3.05, 3.63) is 11.6 Å². The van der Waals surface area contributed by atoms with Crippen LogP contribution in [0, 0.1) is 0 Å². The first-order valence-electron chi connectivity index (χ1n) is 3.15. The van der Waals surface area contributed by atoms with Crippen molar-refractivity contribution < 1.29 is 4.79 Å². The van der Waals surface area contributed by atoms with Crippen LogP contribution in [0.2, 0.25) is 0 Å². The molecule has 10 heavy (non-hydrogen) atoms. The molecule has 2 N–H and O–H groups in total. The van der Waals surface area contributed by atoms with Gasteiger partial charge in [0.2, 0.25) is 0 Å². The Morgan fingerprint density at radius 3 is 3.40 bits per heavy atom. The van der Waals surface area contributed by atoms with Crippen LogP contribution in [0.25, 0.3) is 0 Å². The Bertz CT molecular complexity index is 241. The van der Waals surface area contributed by atoms with Crippen LogP contribution in [0.3, 0.4) is 0 Å². The molecule has 2 rings (SSSR count). The highest BCUT2D eigenvalue weighted by Crippen LogP contribution is 2.05. The quantitative estimate of drug-likeness (QED) is 0.470. The van der Waals surface area contributed by atoms with Crippen molar-refractivity contribution in [2.24, 2.45) is 4.99 Å². The first-order chi connectivity index (χ1) is 4.86. The molecule has 0 aliphatic carbocycles. The molecule has 0 radical (unpaired) electrons. The maximum absolute atomic E-state index is 10.7. The third-order valence-corrected chi connectivity index (χ3v) is 1.56. The van der Waals surface area contributed by atoms with Crippen LogP contribution in [-0.2, 0) is 0 Å². The third kappa shape index (κ3) is 0.689. The number of fused-ring (bicyclic) bond motifs is 1. The van der Waals surface area contributed by atoms with Gasteiger partial charge in [-0.1, -0.05) is 6.08 Å². The molecule has 0 aromatic carbocycles. The normalized spacial score (nSPS) is 22.2. The Morgan fingerprint density at radius 2 is 2.50 bits per heavy atom. The molecule has 2 amide bonds. The number of rotatable bonds is 0. The molecule has 4 heteroatoms. The monoisotopic (exact) mass is 137 g/mol. The Kier molecular flexibility index (Phi) is 1.00. The first-order valence-corrected chi connectivity index (χ1v) is 3.15. The summed E-state index contributed by atoms with van der Waals surface area (Å²) in [6.45, 7) is 1.32. The Balaban J connectivity index is 2.25. The van der Waals surface area contributed by atoms with Gasteiger partial charge in [0, 0.05) is 12.1 Å². The lowest BCUT2D eigenvalue weighted by atomic mass is 10.2. The van der Waals surface area contributed by atoms with E-state index >= 15 is 0 Å². The summed E-state index contributed by atoms with van der Waals surface area (Å²) >= 11 is 0. The van der Waals surface area contributed by atoms with Gasteiger partial charge in [-0.15, -0.1) is 0 Å². The minimum absolute atomic E-state index is 0.155. The van der Waals surface area contributed by atoms with Crippen LogP contribution in [-0.4, -0.2) is 25.0 Å². The first kappa shape index (κ1) is 5.46. The molecule has 2 aliphatic rings. The highest BCUT2D eigenvalue weighted by Gasteiger charge is 2.19. The lowest BCUT2D eigenvalue weighted by Crippen LogP contribution is -2.47. The molecule has 2 heterocycles. The number of hydrogen-bond donors (Lipinski definition) is 2. The summed E-state index contributed by atoms with van der Waals surface area (Å²) < 4.78 is 0. The van der Waals surface area contributed by atoms with Gasteiger partial charge >= 0.3 is 6.03 Å². The second kappa shape index (κ2) is 1.83. The number of aliphatic imine (C=N–C) groups is 1. The van der Waals surface area contributed by atoms with E-state index in [2.05, 4.69) is 15.6 Å². The fourth-order valence-electron chi connectivity index (χ4n) is 1.05. The van der Waals surface area contributed by atoms with E-state index in [0.717, 1.165) is 11.4 Å². The van der Waals surface area contributed by atoms with Crippen molar-refractivity contribution in [3.63, 3.8) is 0 Å². The van der Waals surface area contributed by atoms with Crippen LogP contribution < -0.4 is 10.6 Å². The molecule has 4 nitrogen and oxygen atoms in total. The second-order valence-corrected chi connectivity index (χ2v) is 2.23. The number of amidine groups is 1. The van der Waals surface area contributed by atoms with Gasteiger partial charge in [-0.2, -0.15) is 0 Å². The summed E-state index contributed by atoms with van der Waals surface area (Å²) in [7, 11) is 0. The van der Waals surface area contributed by atoms with Crippen molar-refractivity contribution in [1.82, 2.24) is 10.6 Å². The minimum Gasteiger partial charge on any atom is -0.334 e. The van der Waals surface area contributed by atoms with Crippen LogP contribution in [0.4, 0.5) is 4.79 Å². The summed E-state index contributed by atoms with van der Waals surface area (Å²) in [5.41, 5.74) is 1.10. The van der Waals surface area contributed by atoms with E-state index in [0.29, 0.717) is 13.1 Å². The number of nitrogens with zero attached hydrogens (tertiary/aromatic N) is 1. The van der Waals surface area contributed by atoms with Gasteiger partial charge in [-0.25, -0.2) is 4.79 Å². The van der Waals surface area contributed by atoms with Crippen molar-refractivity contribution >= 4 is 11.9 Å². The molecular formula is C6H7N3O. The van der Waals surface area contributed by atoms with Gasteiger partial charge in [0.15, 0.2) is 0 Å². The summed E-state index contributed by atoms with van der Waals surface area (Å²) in [6, 6.07) is -0.155. The molecule has 0 aromatic heterocycles. The van der Waals surface area contributed by atoms with Crippen molar-refractivity contribution in [1.29, 1.82) is 0 Å². The van der Waals surface area contributed by atoms with Gasteiger partial charge in [0.1, 0.15) is 5.84 Å². The predicted octanol–water partition coefficient (Wildman–Crippen LogP) is -0.362. The van der Waals surface area contributed by atoms with E-state index in [-0.39, 0.29) is 6.03 Å². The van der Waals surface area contributed by atoms with Crippen LogP contribution in [0.1, 0.15) is 0 Å². The van der Waals surface area contributed by atoms with Crippen LogP contribution >= 0.6 is 0 Å². The fraction of sp³-hybridized carbons (Fsp3) is 0.333. The SMILES string of the molecule is O=C1NCC2=CCN=C2N1. The number of hydrogen-bond acceptors (Lipinski definition) is 2. The molecule has 0 atom stereocenters. The van der Waals surface area contributed by atoms with Crippen molar-refractivity contribution in [2.45, 2.75) is 0 Å². The van der Waals surface area contributed by atoms with Crippen LogP contribution in [0.5, 0.6) is 0 Å². The zero-order valence-electron chi connectivity index (χ0n) is 5.35. The predicted molar refractivity (Wildman–Crippen MR) is 36.9 cm³/mol. The fourth-order valence-corrected chi connectivity index (χ4v) is 1.05. The van der Waals surface area contributed by atoms with Crippen LogP contribution in [0.15, 0.2) is 16.6 Å². The van der Waals surface area contributed by atoms with Gasteiger partial charge in [0.05, 0.1) is 6.54 Å². The largest absolute Gasteiger partial charge is 0.334 e. The average Bonchev–Trinajstić information content (AvgIpc) is 2.33. The number of urea groups is 1. The molecule has 0 spiro atoms. The Labute approximate surface area is 58.0 Å². The summed E-state index contributed by atoms with van der Waals surface area (Å²) in [5, 5.41) is 5.26. The number of amides is 2. The average molecular weight is 137 g/mol. The summed E-state index contributed by atoms with van der Waals surface area (Å²) in [5.74, 6) is 0.740. The second-order valence-electron chi connectivity index (χ2n) is 2.23. The lowest BCUT2D eigenvalue weighted by molar-refractivity contribution is 0.245. The highest BCUT2D eigenvalue weighted by atomic mass is 16.2. The molecule has 0 bridgehead atoms. The minimum atomic E-state index is -0.155. The van der Waals surface area contributed by atoms with Gasteiger partial charge in [-0.05, 0) is 0 Å². The molecular weight excluding hydrogens is 130 g/mol. The zero-order valence-corrected chi connectivity index (χ0v) is 5.35. The lowest BCUT2D eigenvalue weighted by Gasteiger charge is -2.15. The molecule has 0 aromatic rings. The van der Waals surface area contributed by atoms with E-state index in [4.69, 9.17) is 0 Å². The third-order valence-electron chi connectivity index (χ3n) is 1.56. The summed E-state index contributed by atoms with van der Waals surface area (Å²) in [4.78, 5) is 14.7. The standard InChI is InChI=1S/C6H7N3O/c10-6-8-3-4-1-2-7-5(4)9-6/h1H,2-3H2,(H2,7,8,9,10). The van der Waals surface area contributed by atoms with Crippen molar-refractivity contribution in [2.75, 3.05) is 13.1 Å². The highest BCUT2D eigenvalue weighted by molar-refractivity contribution is 6.11. The molecule has 52 valence electrons. The molecule has 0 unspecified atom stereocenters. The van der Waals surface area contributed by atoms with Gasteiger partial charge in [-0.3, -0.25) is 10.3 Å².